The molecule has 1 saturated heterocycles. The van der Waals surface area contributed by atoms with Crippen LogP contribution in [0, 0.1) is 5.92 Å². The molecule has 0 bridgehead atoms. The summed E-state index contributed by atoms with van der Waals surface area (Å²) >= 11 is 0. The van der Waals surface area contributed by atoms with Gasteiger partial charge in [-0.25, -0.2) is 4.79 Å². The van der Waals surface area contributed by atoms with Gasteiger partial charge in [0.2, 0.25) is 0 Å². The van der Waals surface area contributed by atoms with Crippen LogP contribution in [0.25, 0.3) is 0 Å². The van der Waals surface area contributed by atoms with Crippen molar-refractivity contribution in [3.63, 3.8) is 0 Å². The molecule has 1 heterocycles. The van der Waals surface area contributed by atoms with Crippen LogP contribution < -0.4 is 15.4 Å². The van der Waals surface area contributed by atoms with Crippen LogP contribution in [-0.4, -0.2) is 68.6 Å². The molecule has 1 aromatic carbocycles. The van der Waals surface area contributed by atoms with Crippen molar-refractivity contribution in [3.05, 3.63) is 29.8 Å². The van der Waals surface area contributed by atoms with Gasteiger partial charge in [-0.3, -0.25) is 0 Å². The minimum Gasteiger partial charge on any atom is -0.490 e. The van der Waals surface area contributed by atoms with Crippen LogP contribution >= 0.6 is 0 Å². The number of amides is 2. The highest BCUT2D eigenvalue weighted by molar-refractivity contribution is 5.74. The number of unbranched alkanes of at least 4 members (excludes halogenated alkanes) is 1. The first-order chi connectivity index (χ1) is 16.5. The van der Waals surface area contributed by atoms with Gasteiger partial charge in [-0.05, 0) is 77.8 Å². The minimum atomic E-state index is -1.06. The Morgan fingerprint density at radius 2 is 1.97 bits per heavy atom. The molecule has 192 valence electrons. The molecule has 3 rings (SSSR count). The predicted molar refractivity (Wildman–Crippen MR) is 135 cm³/mol. The fraction of sp³-hybridized carbons (Fsp3) is 0.741. The van der Waals surface area contributed by atoms with Gasteiger partial charge in [0.1, 0.15) is 5.75 Å². The number of rotatable bonds is 12. The summed E-state index contributed by atoms with van der Waals surface area (Å²) in [6, 6.07) is 8.00. The van der Waals surface area contributed by atoms with Gasteiger partial charge >= 0.3 is 6.03 Å². The van der Waals surface area contributed by atoms with Crippen LogP contribution in [0.3, 0.4) is 0 Å². The highest BCUT2D eigenvalue weighted by Gasteiger charge is 2.43. The Bertz CT molecular complexity index is 755. The average Bonchev–Trinajstić information content (AvgIpc) is 3.35. The zero-order valence-electron chi connectivity index (χ0n) is 21.4. The number of aliphatic hydroxyl groups is 1. The Morgan fingerprint density at radius 3 is 2.71 bits per heavy atom. The normalized spacial score (nSPS) is 21.8. The number of hydrogen-bond acceptors (Lipinski definition) is 5. The molecule has 7 nitrogen and oxygen atoms in total. The van der Waals surface area contributed by atoms with Crippen molar-refractivity contribution in [2.75, 3.05) is 40.4 Å². The fourth-order valence-electron chi connectivity index (χ4n) is 5.52. The van der Waals surface area contributed by atoms with E-state index in [0.717, 1.165) is 56.4 Å². The van der Waals surface area contributed by atoms with E-state index < -0.39 is 5.60 Å². The summed E-state index contributed by atoms with van der Waals surface area (Å²) in [5.41, 5.74) is -0.187. The highest BCUT2D eigenvalue weighted by Crippen LogP contribution is 2.44. The van der Waals surface area contributed by atoms with E-state index in [2.05, 4.69) is 10.6 Å². The van der Waals surface area contributed by atoms with Crippen LogP contribution in [0.1, 0.15) is 70.3 Å². The summed E-state index contributed by atoms with van der Waals surface area (Å²) < 4.78 is 11.7. The summed E-state index contributed by atoms with van der Waals surface area (Å²) in [4.78, 5) is 14.8. The van der Waals surface area contributed by atoms with Crippen molar-refractivity contribution in [2.45, 2.75) is 82.5 Å². The topological polar surface area (TPSA) is 83.1 Å². The number of hydrogen-bond donors (Lipinski definition) is 3. The summed E-state index contributed by atoms with van der Waals surface area (Å²) in [5, 5.41) is 18.5. The van der Waals surface area contributed by atoms with E-state index in [1.54, 1.807) is 7.11 Å². The molecule has 2 aliphatic rings. The Morgan fingerprint density at radius 1 is 1.21 bits per heavy atom. The molecule has 1 saturated carbocycles. The third kappa shape index (κ3) is 7.09. The van der Waals surface area contributed by atoms with E-state index in [4.69, 9.17) is 9.47 Å². The minimum absolute atomic E-state index is 0.0475. The molecule has 3 N–H and O–H groups in total. The molecular formula is C27H45N3O4. The molecule has 2 fully saturated rings. The second-order valence-electron chi connectivity index (χ2n) is 10.1. The van der Waals surface area contributed by atoms with E-state index in [1.165, 1.54) is 12.8 Å². The van der Waals surface area contributed by atoms with Gasteiger partial charge in [0.15, 0.2) is 0 Å². The van der Waals surface area contributed by atoms with Crippen molar-refractivity contribution in [3.8, 4) is 5.75 Å². The van der Waals surface area contributed by atoms with Gasteiger partial charge in [-0.15, -0.1) is 0 Å². The third-order valence-corrected chi connectivity index (χ3v) is 7.37. The number of methoxy groups -OCH3 is 1. The van der Waals surface area contributed by atoms with Gasteiger partial charge in [-0.2, -0.15) is 0 Å². The van der Waals surface area contributed by atoms with Crippen molar-refractivity contribution in [2.24, 2.45) is 5.92 Å². The molecule has 1 aliphatic heterocycles. The van der Waals surface area contributed by atoms with Crippen molar-refractivity contribution in [1.82, 2.24) is 15.5 Å². The van der Waals surface area contributed by atoms with Crippen molar-refractivity contribution >= 4 is 6.03 Å². The Labute approximate surface area is 205 Å². The maximum Gasteiger partial charge on any atom is 0.317 e. The molecule has 0 aromatic heterocycles. The fourth-order valence-corrected chi connectivity index (χ4v) is 5.52. The van der Waals surface area contributed by atoms with E-state index >= 15 is 0 Å². The number of ether oxygens (including phenoxy) is 2. The molecule has 34 heavy (non-hydrogen) atoms. The van der Waals surface area contributed by atoms with Gasteiger partial charge < -0.3 is 30.1 Å². The Hall–Kier alpha value is -1.83. The lowest BCUT2D eigenvalue weighted by atomic mass is 9.73. The van der Waals surface area contributed by atoms with Crippen molar-refractivity contribution < 1.29 is 19.4 Å². The smallest absolute Gasteiger partial charge is 0.317 e. The number of para-hydroxylation sites is 1. The van der Waals surface area contributed by atoms with Crippen LogP contribution in [0.2, 0.25) is 0 Å². The lowest BCUT2D eigenvalue weighted by Crippen LogP contribution is -2.53. The average molecular weight is 476 g/mol. The number of likely N-dealkylation sites (N-methyl/N-ethyl adjacent to an activating group) is 1. The van der Waals surface area contributed by atoms with Gasteiger partial charge in [-0.1, -0.05) is 18.2 Å². The number of nitrogens with one attached hydrogen (secondary N) is 2. The number of urea groups is 1. The van der Waals surface area contributed by atoms with E-state index in [-0.39, 0.29) is 24.1 Å². The van der Waals surface area contributed by atoms with Crippen LogP contribution in [0.15, 0.2) is 24.3 Å². The van der Waals surface area contributed by atoms with E-state index in [1.807, 2.05) is 43.1 Å². The maximum atomic E-state index is 13.0. The number of benzene rings is 1. The number of likely N-dealkylation sites (tertiary alicyclic amines) is 1. The molecule has 2 amide bonds. The largest absolute Gasteiger partial charge is 0.490 e. The molecule has 3 atom stereocenters. The van der Waals surface area contributed by atoms with Crippen molar-refractivity contribution in [1.29, 1.82) is 0 Å². The standard InChI is InChI=1S/C27H45N3O4/c1-21(19-28-2)29-26(31)30-17-10-11-22(20-30)27(32,16-8-9-18-33-3)24-14-6-7-15-25(24)34-23-12-4-5-13-23/h6-7,14-15,21-23,28,32H,4-5,8-13,16-20H2,1-3H3,(H,29,31)/t21?,22-,27+/m1/s1. The summed E-state index contributed by atoms with van der Waals surface area (Å²) in [6.07, 6.45) is 8.90. The first kappa shape index (κ1) is 26.8. The molecular weight excluding hydrogens is 430 g/mol. The second-order valence-corrected chi connectivity index (χ2v) is 10.1. The van der Waals surface area contributed by atoms with Gasteiger partial charge in [0, 0.05) is 50.9 Å². The zero-order chi connectivity index (χ0) is 24.4. The number of piperidine rings is 1. The molecule has 1 unspecified atom stereocenters. The first-order valence-corrected chi connectivity index (χ1v) is 13.2. The maximum absolute atomic E-state index is 13.0. The lowest BCUT2D eigenvalue weighted by molar-refractivity contribution is -0.0585. The zero-order valence-corrected chi connectivity index (χ0v) is 21.4. The van der Waals surface area contributed by atoms with E-state index in [9.17, 15) is 9.90 Å². The van der Waals surface area contributed by atoms with Crippen LogP contribution in [-0.2, 0) is 10.3 Å². The second kappa shape index (κ2) is 13.3. The summed E-state index contributed by atoms with van der Waals surface area (Å²) in [7, 11) is 3.60. The molecule has 1 aliphatic carbocycles. The number of carbonyl (C=O) groups is 1. The van der Waals surface area contributed by atoms with Crippen LogP contribution in [0.5, 0.6) is 5.75 Å². The Balaban J connectivity index is 1.81. The lowest BCUT2D eigenvalue weighted by Gasteiger charge is -2.43. The molecule has 0 radical (unpaired) electrons. The number of nitrogens with zero attached hydrogens (tertiary/aromatic N) is 1. The molecule has 7 heteroatoms. The number of carbonyl (C=O) groups excluding carboxylic acids is 1. The third-order valence-electron chi connectivity index (χ3n) is 7.37. The first-order valence-electron chi connectivity index (χ1n) is 13.2. The van der Waals surface area contributed by atoms with Gasteiger partial charge in [0.05, 0.1) is 11.7 Å². The van der Waals surface area contributed by atoms with E-state index in [0.29, 0.717) is 26.1 Å². The summed E-state index contributed by atoms with van der Waals surface area (Å²) in [6.45, 7) is 4.65. The quantitative estimate of drug-likeness (QED) is 0.398. The SMILES string of the molecule is CNCC(C)NC(=O)N1CCC[C@@H]([C@@](O)(CCCCOC)c2ccccc2OC2CCCC2)C1. The van der Waals surface area contributed by atoms with Crippen LogP contribution in [0.4, 0.5) is 4.79 Å². The highest BCUT2D eigenvalue weighted by atomic mass is 16.5. The predicted octanol–water partition coefficient (Wildman–Crippen LogP) is 4.04. The molecule has 1 aromatic rings. The monoisotopic (exact) mass is 475 g/mol. The summed E-state index contributed by atoms with van der Waals surface area (Å²) in [5.74, 6) is 0.746. The van der Waals surface area contributed by atoms with Gasteiger partial charge in [0.25, 0.3) is 0 Å². The Kier molecular flexibility index (Phi) is 10.5. The molecule has 0 spiro atoms.